The van der Waals surface area contributed by atoms with Gasteiger partial charge in [0, 0.05) is 6.61 Å². The smallest absolute Gasteiger partial charge is 0.0459 e. The lowest BCUT2D eigenvalue weighted by Gasteiger charge is -2.25. The molecule has 1 fully saturated rings. The maximum atomic E-state index is 8.87. The molecule has 0 aromatic carbocycles. The standard InChI is InChI=1S/C9H16O/c1-2-8-4-3-5-9(6-8)7-10/h2,8-10H,1,3-7H2/t8-,9-/m0/s1. The molecule has 2 atom stereocenters. The van der Waals surface area contributed by atoms with Crippen LogP contribution in [0.15, 0.2) is 12.7 Å². The third kappa shape index (κ3) is 1.84. The van der Waals surface area contributed by atoms with Gasteiger partial charge in [-0.25, -0.2) is 0 Å². The summed E-state index contributed by atoms with van der Waals surface area (Å²) in [5.41, 5.74) is 0. The molecule has 0 spiro atoms. The average molecular weight is 140 g/mol. The van der Waals surface area contributed by atoms with E-state index in [1.165, 1.54) is 19.3 Å². The van der Waals surface area contributed by atoms with E-state index in [-0.39, 0.29) is 0 Å². The molecule has 0 bridgehead atoms. The molecule has 0 saturated heterocycles. The van der Waals surface area contributed by atoms with Crippen molar-refractivity contribution in [1.82, 2.24) is 0 Å². The molecule has 0 radical (unpaired) electrons. The van der Waals surface area contributed by atoms with Gasteiger partial charge in [-0.2, -0.15) is 0 Å². The van der Waals surface area contributed by atoms with Crippen LogP contribution in [0.5, 0.6) is 0 Å². The molecule has 1 saturated carbocycles. The van der Waals surface area contributed by atoms with E-state index >= 15 is 0 Å². The van der Waals surface area contributed by atoms with Gasteiger partial charge >= 0.3 is 0 Å². The van der Waals surface area contributed by atoms with Crippen LogP contribution in [0, 0.1) is 11.8 Å². The maximum absolute atomic E-state index is 8.87. The Balaban J connectivity index is 2.31. The fraction of sp³-hybridized carbons (Fsp3) is 0.778. The molecule has 1 heteroatoms. The van der Waals surface area contributed by atoms with Gasteiger partial charge in [-0.15, -0.1) is 6.58 Å². The first kappa shape index (κ1) is 7.80. The van der Waals surface area contributed by atoms with Crippen LogP contribution in [0.1, 0.15) is 25.7 Å². The summed E-state index contributed by atoms with van der Waals surface area (Å²) in [5.74, 6) is 1.22. The lowest BCUT2D eigenvalue weighted by atomic mass is 9.82. The van der Waals surface area contributed by atoms with E-state index in [4.69, 9.17) is 5.11 Å². The van der Waals surface area contributed by atoms with Crippen LogP contribution in [0.25, 0.3) is 0 Å². The summed E-state index contributed by atoms with van der Waals surface area (Å²) >= 11 is 0. The number of allylic oxidation sites excluding steroid dienone is 1. The molecule has 0 aliphatic heterocycles. The van der Waals surface area contributed by atoms with Gasteiger partial charge in [0.05, 0.1) is 0 Å². The summed E-state index contributed by atoms with van der Waals surface area (Å²) in [5, 5.41) is 8.87. The van der Waals surface area contributed by atoms with E-state index in [0.29, 0.717) is 18.4 Å². The molecule has 10 heavy (non-hydrogen) atoms. The van der Waals surface area contributed by atoms with E-state index in [1.807, 2.05) is 6.08 Å². The summed E-state index contributed by atoms with van der Waals surface area (Å²) < 4.78 is 0. The zero-order valence-electron chi connectivity index (χ0n) is 6.42. The first-order valence-electron chi connectivity index (χ1n) is 4.10. The summed E-state index contributed by atoms with van der Waals surface area (Å²) in [7, 11) is 0. The van der Waals surface area contributed by atoms with E-state index in [9.17, 15) is 0 Å². The van der Waals surface area contributed by atoms with Crippen molar-refractivity contribution in [2.24, 2.45) is 11.8 Å². The second kappa shape index (κ2) is 3.77. The van der Waals surface area contributed by atoms with E-state index in [1.54, 1.807) is 0 Å². The first-order valence-corrected chi connectivity index (χ1v) is 4.10. The van der Waals surface area contributed by atoms with E-state index < -0.39 is 0 Å². The molecule has 1 N–H and O–H groups in total. The molecule has 0 amide bonds. The largest absolute Gasteiger partial charge is 0.396 e. The van der Waals surface area contributed by atoms with E-state index in [2.05, 4.69) is 6.58 Å². The topological polar surface area (TPSA) is 20.2 Å². The van der Waals surface area contributed by atoms with Crippen LogP contribution < -0.4 is 0 Å². The number of hydrogen-bond donors (Lipinski definition) is 1. The van der Waals surface area contributed by atoms with Crippen molar-refractivity contribution >= 4 is 0 Å². The van der Waals surface area contributed by atoms with Gasteiger partial charge in [0.25, 0.3) is 0 Å². The minimum absolute atomic E-state index is 0.365. The van der Waals surface area contributed by atoms with Gasteiger partial charge in [-0.05, 0) is 31.1 Å². The fourth-order valence-electron chi connectivity index (χ4n) is 1.71. The fourth-order valence-corrected chi connectivity index (χ4v) is 1.71. The van der Waals surface area contributed by atoms with Crippen molar-refractivity contribution in [2.75, 3.05) is 6.61 Å². The predicted octanol–water partition coefficient (Wildman–Crippen LogP) is 1.97. The average Bonchev–Trinajstić information content (AvgIpc) is 2.05. The molecule has 1 aliphatic carbocycles. The van der Waals surface area contributed by atoms with Crippen molar-refractivity contribution in [3.05, 3.63) is 12.7 Å². The Morgan fingerprint density at radius 3 is 2.90 bits per heavy atom. The molecule has 58 valence electrons. The first-order chi connectivity index (χ1) is 4.86. The summed E-state index contributed by atoms with van der Waals surface area (Å²) in [6.45, 7) is 4.14. The molecular formula is C9H16O. The summed E-state index contributed by atoms with van der Waals surface area (Å²) in [6.07, 6.45) is 6.94. The zero-order valence-corrected chi connectivity index (χ0v) is 6.42. The van der Waals surface area contributed by atoms with Crippen LogP contribution in [0.2, 0.25) is 0 Å². The van der Waals surface area contributed by atoms with Gasteiger partial charge in [-0.1, -0.05) is 12.5 Å². The highest BCUT2D eigenvalue weighted by Crippen LogP contribution is 2.28. The number of hydrogen-bond acceptors (Lipinski definition) is 1. The van der Waals surface area contributed by atoms with Crippen molar-refractivity contribution in [2.45, 2.75) is 25.7 Å². The van der Waals surface area contributed by atoms with Crippen molar-refractivity contribution in [3.8, 4) is 0 Å². The molecule has 0 heterocycles. The quantitative estimate of drug-likeness (QED) is 0.581. The van der Waals surface area contributed by atoms with E-state index in [0.717, 1.165) is 6.42 Å². The highest BCUT2D eigenvalue weighted by Gasteiger charge is 2.18. The van der Waals surface area contributed by atoms with Crippen molar-refractivity contribution < 1.29 is 5.11 Å². The number of rotatable bonds is 2. The minimum Gasteiger partial charge on any atom is -0.396 e. The summed E-state index contributed by atoms with van der Waals surface area (Å²) in [4.78, 5) is 0. The van der Waals surface area contributed by atoms with Crippen LogP contribution >= 0.6 is 0 Å². The lowest BCUT2D eigenvalue weighted by molar-refractivity contribution is 0.174. The van der Waals surface area contributed by atoms with Gasteiger partial charge in [0.1, 0.15) is 0 Å². The molecule has 0 aromatic rings. The van der Waals surface area contributed by atoms with Crippen molar-refractivity contribution in [3.63, 3.8) is 0 Å². The highest BCUT2D eigenvalue weighted by molar-refractivity contribution is 4.84. The van der Waals surface area contributed by atoms with Crippen LogP contribution in [-0.4, -0.2) is 11.7 Å². The Bertz CT molecular complexity index is 109. The molecule has 0 unspecified atom stereocenters. The monoisotopic (exact) mass is 140 g/mol. The number of aliphatic hydroxyl groups excluding tert-OH is 1. The van der Waals surface area contributed by atoms with Gasteiger partial charge in [0.15, 0.2) is 0 Å². The maximum Gasteiger partial charge on any atom is 0.0459 e. The third-order valence-corrected chi connectivity index (χ3v) is 2.41. The molecule has 0 aromatic heterocycles. The van der Waals surface area contributed by atoms with Gasteiger partial charge in [-0.3, -0.25) is 0 Å². The Kier molecular flexibility index (Phi) is 2.94. The van der Waals surface area contributed by atoms with Crippen LogP contribution in [-0.2, 0) is 0 Å². The lowest BCUT2D eigenvalue weighted by Crippen LogP contribution is -2.16. The predicted molar refractivity (Wildman–Crippen MR) is 42.7 cm³/mol. The molecular weight excluding hydrogens is 124 g/mol. The van der Waals surface area contributed by atoms with Crippen LogP contribution in [0.3, 0.4) is 0 Å². The highest BCUT2D eigenvalue weighted by atomic mass is 16.3. The van der Waals surface area contributed by atoms with Gasteiger partial charge < -0.3 is 5.11 Å². The Hall–Kier alpha value is -0.300. The normalized spacial score (nSPS) is 33.7. The SMILES string of the molecule is C=C[C@H]1CCC[C@H](CO)C1. The van der Waals surface area contributed by atoms with Gasteiger partial charge in [0.2, 0.25) is 0 Å². The Labute approximate surface area is 62.8 Å². The minimum atomic E-state index is 0.365. The zero-order chi connectivity index (χ0) is 7.40. The van der Waals surface area contributed by atoms with Crippen molar-refractivity contribution in [1.29, 1.82) is 0 Å². The second-order valence-corrected chi connectivity index (χ2v) is 3.21. The molecule has 1 nitrogen and oxygen atoms in total. The van der Waals surface area contributed by atoms with Crippen LogP contribution in [0.4, 0.5) is 0 Å². The molecule has 1 rings (SSSR count). The summed E-state index contributed by atoms with van der Waals surface area (Å²) in [6, 6.07) is 0. The third-order valence-electron chi connectivity index (χ3n) is 2.41. The Morgan fingerprint density at radius 2 is 2.30 bits per heavy atom. The second-order valence-electron chi connectivity index (χ2n) is 3.21. The Morgan fingerprint density at radius 1 is 1.50 bits per heavy atom. The molecule has 1 aliphatic rings. The number of aliphatic hydroxyl groups is 1.